The zero-order valence-corrected chi connectivity index (χ0v) is 11.9. The average molecular weight is 281 g/mol. The van der Waals surface area contributed by atoms with Gasteiger partial charge in [-0.25, -0.2) is 9.18 Å². The van der Waals surface area contributed by atoms with Gasteiger partial charge in [-0.2, -0.15) is 0 Å². The van der Waals surface area contributed by atoms with Gasteiger partial charge in [0.05, 0.1) is 6.61 Å². The van der Waals surface area contributed by atoms with Gasteiger partial charge < -0.3 is 15.2 Å². The molecule has 0 atom stereocenters. The third-order valence-electron chi connectivity index (χ3n) is 2.34. The molecule has 0 spiro atoms. The Morgan fingerprint density at radius 1 is 1.45 bits per heavy atom. The molecular weight excluding hydrogens is 261 g/mol. The number of carbonyl (C=O) groups excluding carboxylic acids is 1. The Morgan fingerprint density at radius 2 is 2.15 bits per heavy atom. The molecule has 0 aliphatic rings. The van der Waals surface area contributed by atoms with E-state index in [1.807, 2.05) is 0 Å². The van der Waals surface area contributed by atoms with Crippen LogP contribution in [0.3, 0.4) is 0 Å². The van der Waals surface area contributed by atoms with Gasteiger partial charge in [0, 0.05) is 6.54 Å². The zero-order valence-electron chi connectivity index (χ0n) is 11.9. The number of hydrogen-bond acceptors (Lipinski definition) is 3. The van der Waals surface area contributed by atoms with E-state index in [2.05, 4.69) is 5.32 Å². The van der Waals surface area contributed by atoms with Gasteiger partial charge in [0.2, 0.25) is 0 Å². The Morgan fingerprint density at radius 3 is 2.75 bits per heavy atom. The van der Waals surface area contributed by atoms with E-state index < -0.39 is 11.7 Å². The minimum absolute atomic E-state index is 0.167. The van der Waals surface area contributed by atoms with Crippen LogP contribution in [0.2, 0.25) is 0 Å². The van der Waals surface area contributed by atoms with E-state index in [9.17, 15) is 9.18 Å². The van der Waals surface area contributed by atoms with Gasteiger partial charge in [-0.05, 0) is 44.0 Å². The number of nitrogens with one attached hydrogen (secondary N) is 1. The summed E-state index contributed by atoms with van der Waals surface area (Å²) in [7, 11) is 0. The minimum atomic E-state index is -0.541. The normalized spacial score (nSPS) is 11.7. The second-order valence-electron chi connectivity index (χ2n) is 5.29. The molecule has 4 nitrogen and oxygen atoms in total. The third kappa shape index (κ3) is 5.84. The van der Waals surface area contributed by atoms with E-state index in [1.165, 1.54) is 18.2 Å². The summed E-state index contributed by atoms with van der Waals surface area (Å²) in [6.45, 7) is 5.43. The summed E-state index contributed by atoms with van der Waals surface area (Å²) >= 11 is 0. The van der Waals surface area contributed by atoms with E-state index >= 15 is 0 Å². The molecule has 0 radical (unpaired) electrons. The molecule has 1 amide bonds. The fourth-order valence-electron chi connectivity index (χ4n) is 1.51. The SMILES string of the molecule is CC(C)(C)OC(=O)NCC=Cc1cc(F)ccc1CO. The quantitative estimate of drug-likeness (QED) is 0.892. The topological polar surface area (TPSA) is 58.6 Å². The van der Waals surface area contributed by atoms with Gasteiger partial charge in [0.15, 0.2) is 0 Å². The fourth-order valence-corrected chi connectivity index (χ4v) is 1.51. The highest BCUT2D eigenvalue weighted by molar-refractivity contribution is 5.68. The highest BCUT2D eigenvalue weighted by Gasteiger charge is 2.14. The molecule has 0 bridgehead atoms. The molecule has 0 aliphatic heterocycles. The number of aliphatic hydroxyl groups excluding tert-OH is 1. The Labute approximate surface area is 118 Å². The number of hydrogen-bond donors (Lipinski definition) is 2. The molecule has 0 saturated carbocycles. The summed E-state index contributed by atoms with van der Waals surface area (Å²) < 4.78 is 18.2. The van der Waals surface area contributed by atoms with Crippen molar-refractivity contribution < 1.29 is 19.0 Å². The molecule has 2 N–H and O–H groups in total. The predicted molar refractivity (Wildman–Crippen MR) is 75.6 cm³/mol. The maximum Gasteiger partial charge on any atom is 0.407 e. The van der Waals surface area contributed by atoms with Crippen LogP contribution < -0.4 is 5.32 Å². The molecule has 110 valence electrons. The molecule has 0 unspecified atom stereocenters. The van der Waals surface area contributed by atoms with Crippen LogP contribution in [-0.4, -0.2) is 23.3 Å². The van der Waals surface area contributed by atoms with Crippen molar-refractivity contribution in [1.82, 2.24) is 5.32 Å². The van der Waals surface area contributed by atoms with Crippen molar-refractivity contribution in [3.63, 3.8) is 0 Å². The Bertz CT molecular complexity index is 492. The first-order valence-corrected chi connectivity index (χ1v) is 6.34. The number of rotatable bonds is 4. The van der Waals surface area contributed by atoms with Crippen molar-refractivity contribution in [2.45, 2.75) is 33.0 Å². The standard InChI is InChI=1S/C15H20FNO3/c1-15(2,3)20-14(19)17-8-4-5-11-9-13(16)7-6-12(11)10-18/h4-7,9,18H,8,10H2,1-3H3,(H,17,19). The monoisotopic (exact) mass is 281 g/mol. The lowest BCUT2D eigenvalue weighted by atomic mass is 10.1. The number of ether oxygens (including phenoxy) is 1. The third-order valence-corrected chi connectivity index (χ3v) is 2.34. The van der Waals surface area contributed by atoms with Gasteiger partial charge in [-0.15, -0.1) is 0 Å². The molecule has 1 aromatic carbocycles. The van der Waals surface area contributed by atoms with Crippen LogP contribution in [0, 0.1) is 5.82 Å². The van der Waals surface area contributed by atoms with Crippen molar-refractivity contribution in [3.8, 4) is 0 Å². The highest BCUT2D eigenvalue weighted by atomic mass is 19.1. The predicted octanol–water partition coefficient (Wildman–Crippen LogP) is 2.86. The number of benzene rings is 1. The molecule has 5 heteroatoms. The van der Waals surface area contributed by atoms with Crippen molar-refractivity contribution >= 4 is 12.2 Å². The number of carbonyl (C=O) groups is 1. The van der Waals surface area contributed by atoms with Gasteiger partial charge in [-0.1, -0.05) is 18.2 Å². The maximum atomic E-state index is 13.1. The number of alkyl carbamates (subject to hydrolysis) is 1. The van der Waals surface area contributed by atoms with E-state index in [1.54, 1.807) is 32.9 Å². The summed E-state index contributed by atoms with van der Waals surface area (Å²) in [5.74, 6) is -0.373. The summed E-state index contributed by atoms with van der Waals surface area (Å²) in [5, 5.41) is 11.7. The van der Waals surface area contributed by atoms with Crippen LogP contribution in [0.25, 0.3) is 6.08 Å². The van der Waals surface area contributed by atoms with Gasteiger partial charge >= 0.3 is 6.09 Å². The first kappa shape index (κ1) is 16.2. The van der Waals surface area contributed by atoms with Gasteiger partial charge in [-0.3, -0.25) is 0 Å². The van der Waals surface area contributed by atoms with E-state index in [-0.39, 0.29) is 19.0 Å². The van der Waals surface area contributed by atoms with Crippen molar-refractivity contribution in [3.05, 3.63) is 41.2 Å². The van der Waals surface area contributed by atoms with E-state index in [4.69, 9.17) is 9.84 Å². The number of aliphatic hydroxyl groups is 1. The van der Waals surface area contributed by atoms with E-state index in [0.29, 0.717) is 11.1 Å². The maximum absolute atomic E-state index is 13.1. The average Bonchev–Trinajstić information content (AvgIpc) is 2.33. The van der Waals surface area contributed by atoms with Crippen LogP contribution in [0.5, 0.6) is 0 Å². The lowest BCUT2D eigenvalue weighted by Gasteiger charge is -2.19. The Hall–Kier alpha value is -1.88. The molecule has 1 aromatic rings. The lowest BCUT2D eigenvalue weighted by molar-refractivity contribution is 0.0534. The molecule has 1 rings (SSSR count). The molecule has 0 fully saturated rings. The van der Waals surface area contributed by atoms with Crippen molar-refractivity contribution in [2.75, 3.05) is 6.54 Å². The molecule has 0 aromatic heterocycles. The first-order valence-electron chi connectivity index (χ1n) is 6.34. The van der Waals surface area contributed by atoms with Crippen LogP contribution in [0.15, 0.2) is 24.3 Å². The highest BCUT2D eigenvalue weighted by Crippen LogP contribution is 2.13. The molecule has 20 heavy (non-hydrogen) atoms. The van der Waals surface area contributed by atoms with Crippen LogP contribution in [0.4, 0.5) is 9.18 Å². The van der Waals surface area contributed by atoms with Crippen LogP contribution in [-0.2, 0) is 11.3 Å². The number of halogens is 1. The minimum Gasteiger partial charge on any atom is -0.444 e. The Kier molecular flexibility index (Phi) is 5.70. The molecule has 0 saturated heterocycles. The fraction of sp³-hybridized carbons (Fsp3) is 0.400. The number of amides is 1. The van der Waals surface area contributed by atoms with E-state index in [0.717, 1.165) is 0 Å². The zero-order chi connectivity index (χ0) is 15.2. The first-order chi connectivity index (χ1) is 9.31. The Balaban J connectivity index is 2.53. The van der Waals surface area contributed by atoms with Crippen LogP contribution in [0.1, 0.15) is 31.9 Å². The largest absolute Gasteiger partial charge is 0.444 e. The van der Waals surface area contributed by atoms with Crippen LogP contribution >= 0.6 is 0 Å². The second kappa shape index (κ2) is 7.05. The molecule has 0 heterocycles. The lowest BCUT2D eigenvalue weighted by Crippen LogP contribution is -2.32. The molecular formula is C15H20FNO3. The summed E-state index contributed by atoms with van der Waals surface area (Å²) in [6, 6.07) is 4.15. The van der Waals surface area contributed by atoms with Crippen molar-refractivity contribution in [2.24, 2.45) is 0 Å². The van der Waals surface area contributed by atoms with Gasteiger partial charge in [0.25, 0.3) is 0 Å². The summed E-state index contributed by atoms with van der Waals surface area (Å²) in [6.07, 6.45) is 2.80. The second-order valence-corrected chi connectivity index (χ2v) is 5.29. The molecule has 0 aliphatic carbocycles. The summed E-state index contributed by atoms with van der Waals surface area (Å²) in [5.41, 5.74) is 0.666. The summed E-state index contributed by atoms with van der Waals surface area (Å²) in [4.78, 5) is 11.4. The van der Waals surface area contributed by atoms with Crippen molar-refractivity contribution in [1.29, 1.82) is 0 Å². The van der Waals surface area contributed by atoms with Gasteiger partial charge in [0.1, 0.15) is 11.4 Å². The smallest absolute Gasteiger partial charge is 0.407 e.